The van der Waals surface area contributed by atoms with Gasteiger partial charge in [0.2, 0.25) is 0 Å². The average molecular weight is 448 g/mol. The number of nitrogens with one attached hydrogen (secondary N) is 2. The number of anilines is 1. The van der Waals surface area contributed by atoms with Crippen LogP contribution < -0.4 is 10.6 Å². The van der Waals surface area contributed by atoms with E-state index in [1.807, 2.05) is 18.3 Å². The number of aromatic nitrogens is 2. The van der Waals surface area contributed by atoms with Crippen LogP contribution in [0.2, 0.25) is 10.0 Å². The number of hydrogen-bond acceptors (Lipinski definition) is 2. The standard InChI is InChI=1S/C16H17BrCl2N4S/c17-13-9-23(8-10-5-6-11(18)7-14(10)19)22-15(13)21-16(24)20-12-3-1-2-4-12/h5-7,9,12H,1-4,8H2,(H2,20,21,22,24). The molecule has 3 rings (SSSR count). The van der Waals surface area contributed by atoms with Crippen molar-refractivity contribution in [3.63, 3.8) is 0 Å². The fourth-order valence-electron chi connectivity index (χ4n) is 2.79. The largest absolute Gasteiger partial charge is 0.360 e. The van der Waals surface area contributed by atoms with Gasteiger partial charge in [-0.1, -0.05) is 42.1 Å². The van der Waals surface area contributed by atoms with Gasteiger partial charge in [0, 0.05) is 22.3 Å². The first kappa shape index (κ1) is 18.0. The topological polar surface area (TPSA) is 41.9 Å². The Bertz CT molecular complexity index is 744. The summed E-state index contributed by atoms with van der Waals surface area (Å²) in [6.07, 6.45) is 6.77. The van der Waals surface area contributed by atoms with Crippen LogP contribution in [-0.2, 0) is 6.54 Å². The van der Waals surface area contributed by atoms with E-state index in [2.05, 4.69) is 31.7 Å². The fraction of sp³-hybridized carbons (Fsp3) is 0.375. The number of nitrogens with zero attached hydrogens (tertiary/aromatic N) is 2. The van der Waals surface area contributed by atoms with Gasteiger partial charge in [0.15, 0.2) is 10.9 Å². The van der Waals surface area contributed by atoms with Crippen molar-refractivity contribution in [2.75, 3.05) is 5.32 Å². The smallest absolute Gasteiger partial charge is 0.172 e. The predicted octanol–water partition coefficient (Wildman–Crippen LogP) is 5.23. The molecule has 0 unspecified atom stereocenters. The lowest BCUT2D eigenvalue weighted by Gasteiger charge is -2.14. The van der Waals surface area contributed by atoms with Crippen LogP contribution in [0, 0.1) is 0 Å². The Morgan fingerprint density at radius 1 is 1.33 bits per heavy atom. The predicted molar refractivity (Wildman–Crippen MR) is 107 cm³/mol. The van der Waals surface area contributed by atoms with Gasteiger partial charge in [-0.3, -0.25) is 4.68 Å². The van der Waals surface area contributed by atoms with Crippen LogP contribution in [0.15, 0.2) is 28.9 Å². The number of hydrogen-bond donors (Lipinski definition) is 2. The molecule has 0 bridgehead atoms. The molecule has 1 fully saturated rings. The molecule has 2 aromatic rings. The van der Waals surface area contributed by atoms with Crippen molar-refractivity contribution in [2.45, 2.75) is 38.3 Å². The summed E-state index contributed by atoms with van der Waals surface area (Å²) in [5.74, 6) is 0.690. The number of thiocarbonyl (C=S) groups is 1. The van der Waals surface area contributed by atoms with Gasteiger partial charge in [0.05, 0.1) is 11.0 Å². The highest BCUT2D eigenvalue weighted by molar-refractivity contribution is 9.10. The molecule has 8 heteroatoms. The molecule has 1 aliphatic rings. The zero-order valence-corrected chi connectivity index (χ0v) is 16.8. The van der Waals surface area contributed by atoms with Crippen LogP contribution in [0.1, 0.15) is 31.2 Å². The molecule has 1 saturated carbocycles. The van der Waals surface area contributed by atoms with Crippen LogP contribution in [0.3, 0.4) is 0 Å². The summed E-state index contributed by atoms with van der Waals surface area (Å²) in [7, 11) is 0. The zero-order chi connectivity index (χ0) is 17.1. The number of rotatable bonds is 4. The van der Waals surface area contributed by atoms with Gasteiger partial charge < -0.3 is 10.6 Å². The van der Waals surface area contributed by atoms with Crippen molar-refractivity contribution < 1.29 is 0 Å². The number of halogens is 3. The van der Waals surface area contributed by atoms with E-state index >= 15 is 0 Å². The Morgan fingerprint density at radius 2 is 2.08 bits per heavy atom. The molecule has 2 N–H and O–H groups in total. The molecule has 0 aliphatic heterocycles. The minimum Gasteiger partial charge on any atom is -0.360 e. The quantitative estimate of drug-likeness (QED) is 0.629. The molecule has 0 atom stereocenters. The van der Waals surface area contributed by atoms with Gasteiger partial charge >= 0.3 is 0 Å². The Kier molecular flexibility index (Phi) is 6.02. The summed E-state index contributed by atoms with van der Waals surface area (Å²) in [4.78, 5) is 0. The van der Waals surface area contributed by atoms with Crippen molar-refractivity contribution in [1.82, 2.24) is 15.1 Å². The van der Waals surface area contributed by atoms with Crippen molar-refractivity contribution in [3.05, 3.63) is 44.5 Å². The summed E-state index contributed by atoms with van der Waals surface area (Å²) in [6.45, 7) is 0.555. The Labute approximate surface area is 165 Å². The molecule has 0 amide bonds. The Balaban J connectivity index is 1.64. The molecule has 128 valence electrons. The minimum absolute atomic E-state index is 0.471. The lowest BCUT2D eigenvalue weighted by Crippen LogP contribution is -2.36. The molecule has 1 aromatic carbocycles. The van der Waals surface area contributed by atoms with Crippen molar-refractivity contribution in [1.29, 1.82) is 0 Å². The maximum Gasteiger partial charge on any atom is 0.172 e. The normalized spacial score (nSPS) is 14.8. The second kappa shape index (κ2) is 8.04. The fourth-order valence-corrected chi connectivity index (χ4v) is 3.93. The van der Waals surface area contributed by atoms with E-state index in [-0.39, 0.29) is 0 Å². The second-order valence-electron chi connectivity index (χ2n) is 5.84. The van der Waals surface area contributed by atoms with Crippen LogP contribution in [0.25, 0.3) is 0 Å². The molecule has 4 nitrogen and oxygen atoms in total. The van der Waals surface area contributed by atoms with Crippen LogP contribution >= 0.6 is 51.3 Å². The molecule has 0 radical (unpaired) electrons. The van der Waals surface area contributed by atoms with Crippen molar-refractivity contribution in [2.24, 2.45) is 0 Å². The first-order valence-electron chi connectivity index (χ1n) is 7.75. The van der Waals surface area contributed by atoms with Gasteiger partial charge in [0.25, 0.3) is 0 Å². The van der Waals surface area contributed by atoms with E-state index < -0.39 is 0 Å². The maximum atomic E-state index is 6.22. The molecule has 24 heavy (non-hydrogen) atoms. The third-order valence-electron chi connectivity index (χ3n) is 3.99. The lowest BCUT2D eigenvalue weighted by molar-refractivity contribution is 0.634. The summed E-state index contributed by atoms with van der Waals surface area (Å²) in [6, 6.07) is 5.93. The molecule has 1 aliphatic carbocycles. The Hall–Kier alpha value is -0.820. The van der Waals surface area contributed by atoms with E-state index in [9.17, 15) is 0 Å². The molecule has 0 saturated heterocycles. The first-order chi connectivity index (χ1) is 11.5. The van der Waals surface area contributed by atoms with Crippen LogP contribution in [0.4, 0.5) is 5.82 Å². The summed E-state index contributed by atoms with van der Waals surface area (Å²) in [5.41, 5.74) is 0.953. The first-order valence-corrected chi connectivity index (χ1v) is 9.71. The minimum atomic E-state index is 0.471. The third-order valence-corrected chi connectivity index (χ3v) is 5.37. The second-order valence-corrected chi connectivity index (χ2v) is 7.95. The molecular weight excluding hydrogens is 431 g/mol. The van der Waals surface area contributed by atoms with Crippen molar-refractivity contribution >= 4 is 62.3 Å². The van der Waals surface area contributed by atoms with E-state index in [0.29, 0.717) is 33.6 Å². The zero-order valence-electron chi connectivity index (χ0n) is 12.9. The van der Waals surface area contributed by atoms with Crippen LogP contribution in [-0.4, -0.2) is 20.9 Å². The van der Waals surface area contributed by atoms with Gasteiger partial charge in [-0.25, -0.2) is 0 Å². The Morgan fingerprint density at radius 3 is 2.79 bits per heavy atom. The van der Waals surface area contributed by atoms with E-state index in [1.54, 1.807) is 10.7 Å². The number of benzene rings is 1. The van der Waals surface area contributed by atoms with Gasteiger partial charge in [-0.2, -0.15) is 5.10 Å². The van der Waals surface area contributed by atoms with Gasteiger partial charge in [-0.05, 0) is 58.7 Å². The van der Waals surface area contributed by atoms with E-state index in [4.69, 9.17) is 35.4 Å². The maximum absolute atomic E-state index is 6.22. The summed E-state index contributed by atoms with van der Waals surface area (Å²) >= 11 is 21.0. The average Bonchev–Trinajstić information content (AvgIpc) is 3.13. The lowest BCUT2D eigenvalue weighted by atomic mass is 10.2. The van der Waals surface area contributed by atoms with Crippen molar-refractivity contribution in [3.8, 4) is 0 Å². The summed E-state index contributed by atoms with van der Waals surface area (Å²) in [5, 5.41) is 12.9. The van der Waals surface area contributed by atoms with E-state index in [1.165, 1.54) is 25.7 Å². The molecule has 0 spiro atoms. The van der Waals surface area contributed by atoms with Gasteiger partial charge in [-0.15, -0.1) is 0 Å². The van der Waals surface area contributed by atoms with Gasteiger partial charge in [0.1, 0.15) is 0 Å². The SMILES string of the molecule is S=C(Nc1nn(Cc2ccc(Cl)cc2Cl)cc1Br)NC1CCCC1. The monoisotopic (exact) mass is 446 g/mol. The third kappa shape index (κ3) is 4.63. The van der Waals surface area contributed by atoms with Crippen LogP contribution in [0.5, 0.6) is 0 Å². The molecular formula is C16H17BrCl2N4S. The highest BCUT2D eigenvalue weighted by Crippen LogP contribution is 2.25. The highest BCUT2D eigenvalue weighted by atomic mass is 79.9. The van der Waals surface area contributed by atoms with E-state index in [0.717, 1.165) is 10.0 Å². The molecule has 1 heterocycles. The summed E-state index contributed by atoms with van der Waals surface area (Å²) < 4.78 is 2.66. The highest BCUT2D eigenvalue weighted by Gasteiger charge is 2.16. The molecule has 1 aromatic heterocycles.